The summed E-state index contributed by atoms with van der Waals surface area (Å²) in [7, 11) is 1.62. The van der Waals surface area contributed by atoms with Gasteiger partial charge in [-0.05, 0) is 23.3 Å². The molecule has 0 unspecified atom stereocenters. The van der Waals surface area contributed by atoms with E-state index in [0.717, 1.165) is 11.1 Å². The normalized spacial score (nSPS) is 10.5. The highest BCUT2D eigenvalue weighted by molar-refractivity contribution is 5.87. The molecule has 0 radical (unpaired) electrons. The van der Waals surface area contributed by atoms with Gasteiger partial charge in [0.05, 0.1) is 19.8 Å². The van der Waals surface area contributed by atoms with Crippen LogP contribution in [0.1, 0.15) is 21.6 Å². The van der Waals surface area contributed by atoms with Crippen molar-refractivity contribution >= 4 is 5.97 Å². The first kappa shape index (κ1) is 18.1. The minimum atomic E-state index is -0.434. The van der Waals surface area contributed by atoms with Crippen molar-refractivity contribution < 1.29 is 23.7 Å². The van der Waals surface area contributed by atoms with E-state index in [1.165, 1.54) is 0 Å². The highest BCUT2D eigenvalue weighted by atomic mass is 16.7. The maximum absolute atomic E-state index is 11.8. The van der Waals surface area contributed by atoms with E-state index in [2.05, 4.69) is 4.98 Å². The molecule has 0 aliphatic heterocycles. The molecular formula is C18H21NO5. The van der Waals surface area contributed by atoms with Crippen LogP contribution >= 0.6 is 0 Å². The van der Waals surface area contributed by atoms with Crippen LogP contribution in [0.15, 0.2) is 48.7 Å². The zero-order chi connectivity index (χ0) is 17.0. The second-order valence-corrected chi connectivity index (χ2v) is 4.97. The fraction of sp³-hybridized carbons (Fsp3) is 0.333. The molecular weight excluding hydrogens is 310 g/mol. The van der Waals surface area contributed by atoms with Crippen LogP contribution in [-0.2, 0) is 32.2 Å². The first-order valence-electron chi connectivity index (χ1n) is 7.60. The Kier molecular flexibility index (Phi) is 7.89. The first-order valence-corrected chi connectivity index (χ1v) is 7.60. The van der Waals surface area contributed by atoms with E-state index < -0.39 is 5.97 Å². The smallest absolute Gasteiger partial charge is 0.357 e. The minimum Gasteiger partial charge on any atom is -0.456 e. The molecule has 0 aliphatic carbocycles. The van der Waals surface area contributed by atoms with Crippen LogP contribution in [0.2, 0.25) is 0 Å². The van der Waals surface area contributed by atoms with Crippen molar-refractivity contribution in [2.45, 2.75) is 13.2 Å². The van der Waals surface area contributed by atoms with Gasteiger partial charge in [0.2, 0.25) is 0 Å². The maximum atomic E-state index is 11.8. The van der Waals surface area contributed by atoms with Crippen LogP contribution in [0.25, 0.3) is 0 Å². The molecule has 0 bridgehead atoms. The Morgan fingerprint density at radius 3 is 2.38 bits per heavy atom. The largest absolute Gasteiger partial charge is 0.456 e. The molecule has 1 heterocycles. The van der Waals surface area contributed by atoms with Gasteiger partial charge in [-0.3, -0.25) is 0 Å². The third-order valence-electron chi connectivity index (χ3n) is 3.13. The lowest BCUT2D eigenvalue weighted by molar-refractivity contribution is -0.0724. The molecule has 0 N–H and O–H groups in total. The van der Waals surface area contributed by atoms with Gasteiger partial charge in [0.15, 0.2) is 0 Å². The summed E-state index contributed by atoms with van der Waals surface area (Å²) in [4.78, 5) is 15.8. The van der Waals surface area contributed by atoms with Crippen molar-refractivity contribution in [1.29, 1.82) is 0 Å². The lowest BCUT2D eigenvalue weighted by Gasteiger charge is -2.07. The maximum Gasteiger partial charge on any atom is 0.357 e. The van der Waals surface area contributed by atoms with Crippen LogP contribution in [0.3, 0.4) is 0 Å². The van der Waals surface area contributed by atoms with Gasteiger partial charge < -0.3 is 18.9 Å². The molecule has 128 valence electrons. The predicted octanol–water partition coefficient (Wildman–Crippen LogP) is 2.58. The number of carbonyl (C=O) groups is 1. The van der Waals surface area contributed by atoms with Crippen molar-refractivity contribution in [2.75, 3.05) is 27.1 Å². The second-order valence-electron chi connectivity index (χ2n) is 4.97. The van der Waals surface area contributed by atoms with Crippen LogP contribution in [0.5, 0.6) is 0 Å². The van der Waals surface area contributed by atoms with Gasteiger partial charge >= 0.3 is 5.97 Å². The zero-order valence-electron chi connectivity index (χ0n) is 13.6. The summed E-state index contributed by atoms with van der Waals surface area (Å²) in [5, 5.41) is 0. The molecule has 0 amide bonds. The third kappa shape index (κ3) is 6.45. The fourth-order valence-electron chi connectivity index (χ4n) is 1.86. The van der Waals surface area contributed by atoms with Crippen molar-refractivity contribution in [3.8, 4) is 0 Å². The number of methoxy groups -OCH3 is 1. The van der Waals surface area contributed by atoms with Gasteiger partial charge in [0, 0.05) is 13.3 Å². The highest BCUT2D eigenvalue weighted by Gasteiger charge is 2.07. The number of rotatable bonds is 10. The lowest BCUT2D eigenvalue weighted by atomic mass is 10.1. The predicted molar refractivity (Wildman–Crippen MR) is 87.3 cm³/mol. The third-order valence-corrected chi connectivity index (χ3v) is 3.13. The fourth-order valence-corrected chi connectivity index (χ4v) is 1.86. The van der Waals surface area contributed by atoms with E-state index in [1.807, 2.05) is 24.3 Å². The summed E-state index contributed by atoms with van der Waals surface area (Å²) in [5.41, 5.74) is 2.22. The number of benzene rings is 1. The summed E-state index contributed by atoms with van der Waals surface area (Å²) in [5.74, 6) is -0.434. The van der Waals surface area contributed by atoms with E-state index in [0.29, 0.717) is 25.5 Å². The molecule has 6 nitrogen and oxygen atoms in total. The van der Waals surface area contributed by atoms with E-state index >= 15 is 0 Å². The van der Waals surface area contributed by atoms with Crippen LogP contribution in [0, 0.1) is 0 Å². The van der Waals surface area contributed by atoms with Crippen molar-refractivity contribution in [3.05, 3.63) is 65.5 Å². The molecule has 0 saturated heterocycles. The lowest BCUT2D eigenvalue weighted by Crippen LogP contribution is -2.07. The molecule has 2 rings (SSSR count). The average molecular weight is 331 g/mol. The van der Waals surface area contributed by atoms with Crippen LogP contribution in [0.4, 0.5) is 0 Å². The molecule has 0 spiro atoms. The number of carbonyl (C=O) groups excluding carboxylic acids is 1. The SMILES string of the molecule is COCCOCOCc1ccc(COC(=O)c2ccccn2)cc1. The van der Waals surface area contributed by atoms with Gasteiger partial charge in [0.1, 0.15) is 19.1 Å². The van der Waals surface area contributed by atoms with E-state index in [4.69, 9.17) is 18.9 Å². The van der Waals surface area contributed by atoms with E-state index in [1.54, 1.807) is 31.5 Å². The first-order chi connectivity index (χ1) is 11.8. The quantitative estimate of drug-likeness (QED) is 0.379. The summed E-state index contributed by atoms with van der Waals surface area (Å²) in [6, 6.07) is 12.8. The second kappa shape index (κ2) is 10.5. The van der Waals surface area contributed by atoms with E-state index in [9.17, 15) is 4.79 Å². The summed E-state index contributed by atoms with van der Waals surface area (Å²) in [6.07, 6.45) is 1.56. The Morgan fingerprint density at radius 2 is 1.71 bits per heavy atom. The number of esters is 1. The van der Waals surface area contributed by atoms with Gasteiger partial charge in [-0.1, -0.05) is 30.3 Å². The van der Waals surface area contributed by atoms with E-state index in [-0.39, 0.29) is 13.4 Å². The number of hydrogen-bond donors (Lipinski definition) is 0. The van der Waals surface area contributed by atoms with Crippen molar-refractivity contribution in [3.63, 3.8) is 0 Å². The highest BCUT2D eigenvalue weighted by Crippen LogP contribution is 2.08. The number of hydrogen-bond acceptors (Lipinski definition) is 6. The van der Waals surface area contributed by atoms with Gasteiger partial charge in [0.25, 0.3) is 0 Å². The Bertz CT molecular complexity index is 601. The van der Waals surface area contributed by atoms with Crippen molar-refractivity contribution in [2.24, 2.45) is 0 Å². The molecule has 0 atom stereocenters. The number of pyridine rings is 1. The molecule has 0 saturated carbocycles. The summed E-state index contributed by atoms with van der Waals surface area (Å²) >= 11 is 0. The average Bonchev–Trinajstić information content (AvgIpc) is 2.64. The number of ether oxygens (including phenoxy) is 4. The van der Waals surface area contributed by atoms with Gasteiger partial charge in [-0.2, -0.15) is 0 Å². The molecule has 1 aromatic heterocycles. The Balaban J connectivity index is 1.69. The number of nitrogens with zero attached hydrogens (tertiary/aromatic N) is 1. The van der Waals surface area contributed by atoms with Crippen LogP contribution in [-0.4, -0.2) is 38.1 Å². The summed E-state index contributed by atoms with van der Waals surface area (Å²) < 4.78 is 20.7. The zero-order valence-corrected chi connectivity index (χ0v) is 13.6. The standard InChI is InChI=1S/C18H21NO5/c1-21-10-11-22-14-23-12-15-5-7-16(8-6-15)13-24-18(20)17-4-2-3-9-19-17/h2-9H,10-14H2,1H3. The molecule has 6 heteroatoms. The van der Waals surface area contributed by atoms with Gasteiger partial charge in [-0.15, -0.1) is 0 Å². The minimum absolute atomic E-state index is 0.205. The van der Waals surface area contributed by atoms with Crippen molar-refractivity contribution in [1.82, 2.24) is 4.98 Å². The Labute approximate surface area is 141 Å². The number of aromatic nitrogens is 1. The summed E-state index contributed by atoms with van der Waals surface area (Å²) in [6.45, 7) is 1.96. The molecule has 2 aromatic rings. The molecule has 0 fully saturated rings. The monoisotopic (exact) mass is 331 g/mol. The topological polar surface area (TPSA) is 66.9 Å². The van der Waals surface area contributed by atoms with Crippen LogP contribution < -0.4 is 0 Å². The Hall–Kier alpha value is -2.28. The molecule has 0 aliphatic rings. The van der Waals surface area contributed by atoms with Gasteiger partial charge in [-0.25, -0.2) is 9.78 Å². The molecule has 24 heavy (non-hydrogen) atoms. The Morgan fingerprint density at radius 1 is 0.958 bits per heavy atom. The molecule has 1 aromatic carbocycles.